The molecule has 27 valence electrons. The molecule has 0 atom stereocenters. The summed E-state index contributed by atoms with van der Waals surface area (Å²) in [4.78, 5) is 0. The Morgan fingerprint density at radius 1 is 0.800 bits per heavy atom. The number of hydrogen-bond donors (Lipinski definition) is 0. The molecule has 0 aromatic heterocycles. The average molecular weight is 150 g/mol. The van der Waals surface area contributed by atoms with Crippen LogP contribution in [0.15, 0.2) is 0 Å². The summed E-state index contributed by atoms with van der Waals surface area (Å²) in [5.41, 5.74) is 0. The van der Waals surface area contributed by atoms with Gasteiger partial charge in [-0.25, -0.2) is 0 Å². The standard InChI is InChI=1S/Fe.Li.Mn.2O/q+2;+1;+2;2*-2. The van der Waals surface area contributed by atoms with Gasteiger partial charge in [0.05, 0.1) is 0 Å². The van der Waals surface area contributed by atoms with E-state index in [9.17, 15) is 0 Å². The molecule has 0 aromatic rings. The Balaban J connectivity index is 0. The summed E-state index contributed by atoms with van der Waals surface area (Å²) in [6.45, 7) is 0. The fourth-order valence-electron chi connectivity index (χ4n) is 0. The number of hydrogen-bond acceptors (Lipinski definition) is 0. The first-order valence-electron chi connectivity index (χ1n) is 0. The molecule has 0 saturated carbocycles. The molecular formula is FeLiMnO2+. The van der Waals surface area contributed by atoms with Crippen LogP contribution in [0.1, 0.15) is 0 Å². The largest absolute Gasteiger partial charge is 2.00 e. The fourth-order valence-corrected chi connectivity index (χ4v) is 0. The Labute approximate surface area is 63.8 Å². The molecule has 0 spiro atoms. The molecule has 0 aliphatic heterocycles. The van der Waals surface area contributed by atoms with Crippen LogP contribution in [0.3, 0.4) is 0 Å². The smallest absolute Gasteiger partial charge is 2.00 e. The van der Waals surface area contributed by atoms with Gasteiger partial charge in [-0.1, -0.05) is 0 Å². The van der Waals surface area contributed by atoms with E-state index in [1.165, 1.54) is 0 Å². The molecule has 0 unspecified atom stereocenters. The van der Waals surface area contributed by atoms with Gasteiger partial charge in [0.1, 0.15) is 0 Å². The van der Waals surface area contributed by atoms with Crippen LogP contribution in [-0.2, 0) is 45.1 Å². The molecule has 0 aliphatic carbocycles. The van der Waals surface area contributed by atoms with E-state index in [-0.39, 0.29) is 64.0 Å². The van der Waals surface area contributed by atoms with Crippen molar-refractivity contribution in [3.63, 3.8) is 0 Å². The minimum absolute atomic E-state index is 0. The molecule has 0 aromatic carbocycles. The summed E-state index contributed by atoms with van der Waals surface area (Å²) >= 11 is 0. The van der Waals surface area contributed by atoms with Crippen molar-refractivity contribution < 1.29 is 64.0 Å². The first-order chi connectivity index (χ1) is 0. The summed E-state index contributed by atoms with van der Waals surface area (Å²) in [5.74, 6) is 0. The first-order valence-corrected chi connectivity index (χ1v) is 0. The summed E-state index contributed by atoms with van der Waals surface area (Å²) < 4.78 is 0. The molecule has 0 fully saturated rings. The van der Waals surface area contributed by atoms with Gasteiger partial charge in [0.15, 0.2) is 0 Å². The Morgan fingerprint density at radius 3 is 0.800 bits per heavy atom. The van der Waals surface area contributed by atoms with Crippen LogP contribution < -0.4 is 18.9 Å². The predicted molar refractivity (Wildman–Crippen MR) is 1.37 cm³/mol. The molecule has 0 rings (SSSR count). The van der Waals surface area contributed by atoms with Gasteiger partial charge >= 0.3 is 53.0 Å². The second-order valence-electron chi connectivity index (χ2n) is 0. The predicted octanol–water partition coefficient (Wildman–Crippen LogP) is -3.24. The molecule has 5 heteroatoms. The molecule has 1 radical (unpaired) electrons. The van der Waals surface area contributed by atoms with Gasteiger partial charge in [-0.3, -0.25) is 0 Å². The third kappa shape index (κ3) is 29.0. The monoisotopic (exact) mass is 150 g/mol. The van der Waals surface area contributed by atoms with Crippen LogP contribution in [-0.4, -0.2) is 0 Å². The van der Waals surface area contributed by atoms with E-state index in [4.69, 9.17) is 0 Å². The first kappa shape index (κ1) is 83.6. The van der Waals surface area contributed by atoms with Crippen molar-refractivity contribution in [2.45, 2.75) is 0 Å². The Bertz CT molecular complexity index is 9.61. The zero-order valence-electron chi connectivity index (χ0n) is 2.55. The van der Waals surface area contributed by atoms with Crippen LogP contribution in [0.4, 0.5) is 0 Å². The average Bonchev–Trinajstić information content (AvgIpc) is 0. The Morgan fingerprint density at radius 2 is 0.800 bits per heavy atom. The van der Waals surface area contributed by atoms with Crippen LogP contribution in [0.2, 0.25) is 0 Å². The molecule has 5 heavy (non-hydrogen) atoms. The van der Waals surface area contributed by atoms with Gasteiger partial charge in [-0.15, -0.1) is 0 Å². The summed E-state index contributed by atoms with van der Waals surface area (Å²) in [6.07, 6.45) is 0. The van der Waals surface area contributed by atoms with Crippen LogP contribution in [0.25, 0.3) is 0 Å². The molecule has 0 amide bonds. The third-order valence-corrected chi connectivity index (χ3v) is 0. The van der Waals surface area contributed by atoms with E-state index in [0.717, 1.165) is 0 Å². The van der Waals surface area contributed by atoms with E-state index in [1.807, 2.05) is 0 Å². The van der Waals surface area contributed by atoms with E-state index in [2.05, 4.69) is 0 Å². The van der Waals surface area contributed by atoms with E-state index in [0.29, 0.717) is 0 Å². The van der Waals surface area contributed by atoms with Crippen molar-refractivity contribution in [1.29, 1.82) is 0 Å². The van der Waals surface area contributed by atoms with Crippen molar-refractivity contribution in [3.05, 3.63) is 0 Å². The normalized spacial score (nSPS) is 0. The van der Waals surface area contributed by atoms with Crippen LogP contribution in [0.5, 0.6) is 0 Å². The summed E-state index contributed by atoms with van der Waals surface area (Å²) in [6, 6.07) is 0. The summed E-state index contributed by atoms with van der Waals surface area (Å²) in [5, 5.41) is 0. The molecule has 2 nitrogen and oxygen atoms in total. The molecule has 0 bridgehead atoms. The van der Waals surface area contributed by atoms with Crippen molar-refractivity contribution in [2.75, 3.05) is 0 Å². The van der Waals surface area contributed by atoms with Crippen molar-refractivity contribution >= 4 is 0 Å². The molecular weight excluding hydrogens is 150 g/mol. The molecule has 0 saturated heterocycles. The SMILES string of the molecule is [Fe+2].[Li+].[Mn+2].[O-2].[O-2]. The Hall–Kier alpha value is 1.56. The summed E-state index contributed by atoms with van der Waals surface area (Å²) in [7, 11) is 0. The van der Waals surface area contributed by atoms with Gasteiger partial charge in [0.25, 0.3) is 0 Å². The quantitative estimate of drug-likeness (QED) is 0.325. The molecule has 0 N–H and O–H groups in total. The second-order valence-corrected chi connectivity index (χ2v) is 0. The maximum atomic E-state index is 0. The topological polar surface area (TPSA) is 57.0 Å². The van der Waals surface area contributed by atoms with Gasteiger partial charge in [-0.2, -0.15) is 0 Å². The Kier molecular flexibility index (Phi) is 796. The van der Waals surface area contributed by atoms with Gasteiger partial charge < -0.3 is 11.0 Å². The molecule has 0 heterocycles. The van der Waals surface area contributed by atoms with Crippen molar-refractivity contribution in [3.8, 4) is 0 Å². The van der Waals surface area contributed by atoms with Crippen molar-refractivity contribution in [2.24, 2.45) is 0 Å². The zero-order chi connectivity index (χ0) is 0. The fraction of sp³-hybridized carbons (Fsp3) is 0. The van der Waals surface area contributed by atoms with Crippen LogP contribution >= 0.6 is 0 Å². The van der Waals surface area contributed by atoms with E-state index >= 15 is 0 Å². The minimum Gasteiger partial charge on any atom is -2.00 e. The second kappa shape index (κ2) is 47.6. The molecule has 0 aliphatic rings. The number of rotatable bonds is 0. The van der Waals surface area contributed by atoms with Gasteiger partial charge in [-0.05, 0) is 0 Å². The van der Waals surface area contributed by atoms with E-state index in [1.54, 1.807) is 0 Å². The van der Waals surface area contributed by atoms with Crippen LogP contribution in [0, 0.1) is 0 Å². The third-order valence-electron chi connectivity index (χ3n) is 0. The van der Waals surface area contributed by atoms with Gasteiger partial charge in [0, 0.05) is 0 Å². The minimum atomic E-state index is 0. The van der Waals surface area contributed by atoms with Crippen molar-refractivity contribution in [1.82, 2.24) is 0 Å². The maximum Gasteiger partial charge on any atom is 2.00 e. The maximum absolute atomic E-state index is 0. The van der Waals surface area contributed by atoms with Gasteiger partial charge in [0.2, 0.25) is 0 Å². The zero-order valence-corrected chi connectivity index (χ0v) is 4.83. The van der Waals surface area contributed by atoms with E-state index < -0.39 is 0 Å².